The van der Waals surface area contributed by atoms with Crippen LogP contribution in [0.5, 0.6) is 0 Å². The van der Waals surface area contributed by atoms with Gasteiger partial charge in [-0.1, -0.05) is 26.2 Å². The number of rotatable bonds is 5. The highest BCUT2D eigenvalue weighted by Gasteiger charge is 2.42. The summed E-state index contributed by atoms with van der Waals surface area (Å²) < 4.78 is 0. The molecule has 0 spiro atoms. The van der Waals surface area contributed by atoms with Crippen molar-refractivity contribution in [3.8, 4) is 0 Å². The highest BCUT2D eigenvalue weighted by Crippen LogP contribution is 2.35. The lowest BCUT2D eigenvalue weighted by Crippen LogP contribution is -2.53. The van der Waals surface area contributed by atoms with Gasteiger partial charge < -0.3 is 15.3 Å². The summed E-state index contributed by atoms with van der Waals surface area (Å²) in [6.07, 6.45) is 7.89. The van der Waals surface area contributed by atoms with E-state index in [1.54, 1.807) is 4.90 Å². The van der Waals surface area contributed by atoms with Gasteiger partial charge in [0.25, 0.3) is 0 Å². The molecule has 1 aliphatic heterocycles. The summed E-state index contributed by atoms with van der Waals surface area (Å²) in [4.78, 5) is 25.6. The monoisotopic (exact) mass is 296 g/mol. The van der Waals surface area contributed by atoms with Crippen molar-refractivity contribution in [1.82, 2.24) is 10.2 Å². The third kappa shape index (κ3) is 3.89. The van der Waals surface area contributed by atoms with Gasteiger partial charge in [0.1, 0.15) is 0 Å². The Kier molecular flexibility index (Phi) is 5.48. The van der Waals surface area contributed by atoms with Crippen LogP contribution in [0.1, 0.15) is 58.3 Å². The molecular weight excluding hydrogens is 268 g/mol. The number of piperidine rings is 1. The average molecular weight is 296 g/mol. The quantitative estimate of drug-likeness (QED) is 0.819. The largest absolute Gasteiger partial charge is 0.481 e. The van der Waals surface area contributed by atoms with E-state index in [2.05, 4.69) is 5.32 Å². The molecule has 1 saturated heterocycles. The zero-order valence-electron chi connectivity index (χ0n) is 13.1. The topological polar surface area (TPSA) is 69.6 Å². The lowest BCUT2D eigenvalue weighted by molar-refractivity contribution is -0.152. The normalized spacial score (nSPS) is 26.8. The Labute approximate surface area is 127 Å². The van der Waals surface area contributed by atoms with E-state index in [-0.39, 0.29) is 6.03 Å². The summed E-state index contributed by atoms with van der Waals surface area (Å²) in [6.45, 7) is 3.77. The van der Waals surface area contributed by atoms with Crippen molar-refractivity contribution in [3.05, 3.63) is 0 Å². The molecule has 0 aromatic carbocycles. The second-order valence-electron chi connectivity index (χ2n) is 6.70. The summed E-state index contributed by atoms with van der Waals surface area (Å²) in [5.74, 6) is -0.142. The number of carboxylic acid groups (broad SMARTS) is 1. The lowest BCUT2D eigenvalue weighted by Gasteiger charge is -2.40. The molecule has 2 fully saturated rings. The Morgan fingerprint density at radius 2 is 2.00 bits per heavy atom. The number of carbonyl (C=O) groups is 2. The molecule has 2 amide bonds. The maximum absolute atomic E-state index is 12.3. The van der Waals surface area contributed by atoms with Gasteiger partial charge in [-0.15, -0.1) is 0 Å². The number of carbonyl (C=O) groups excluding carboxylic acids is 1. The van der Waals surface area contributed by atoms with Gasteiger partial charge in [0, 0.05) is 19.6 Å². The van der Waals surface area contributed by atoms with Gasteiger partial charge in [0.15, 0.2) is 0 Å². The van der Waals surface area contributed by atoms with Gasteiger partial charge in [0.2, 0.25) is 0 Å². The van der Waals surface area contributed by atoms with Gasteiger partial charge in [-0.05, 0) is 38.0 Å². The summed E-state index contributed by atoms with van der Waals surface area (Å²) in [6, 6.07) is -0.0803. The van der Waals surface area contributed by atoms with Gasteiger partial charge in [-0.25, -0.2) is 4.79 Å². The number of carboxylic acids is 1. The van der Waals surface area contributed by atoms with Crippen molar-refractivity contribution in [2.24, 2.45) is 11.3 Å². The zero-order chi connectivity index (χ0) is 15.3. The Bertz CT molecular complexity index is 376. The molecule has 1 atom stereocenters. The van der Waals surface area contributed by atoms with E-state index in [4.69, 9.17) is 0 Å². The van der Waals surface area contributed by atoms with E-state index in [1.807, 2.05) is 6.92 Å². The number of aliphatic carboxylic acids is 1. The minimum absolute atomic E-state index is 0.0803. The molecule has 1 aliphatic carbocycles. The minimum Gasteiger partial charge on any atom is -0.481 e. The number of urea groups is 1. The van der Waals surface area contributed by atoms with E-state index in [1.165, 1.54) is 25.7 Å². The molecule has 2 N–H and O–H groups in total. The minimum atomic E-state index is -0.752. The van der Waals surface area contributed by atoms with E-state index in [0.29, 0.717) is 31.8 Å². The smallest absolute Gasteiger partial charge is 0.317 e. The Morgan fingerprint density at radius 3 is 2.62 bits per heavy atom. The third-order valence-corrected chi connectivity index (χ3v) is 5.06. The Balaban J connectivity index is 1.89. The third-order valence-electron chi connectivity index (χ3n) is 5.06. The molecule has 1 heterocycles. The van der Waals surface area contributed by atoms with Crippen molar-refractivity contribution in [3.63, 3.8) is 0 Å². The first-order valence-corrected chi connectivity index (χ1v) is 8.33. The predicted molar refractivity (Wildman–Crippen MR) is 81.1 cm³/mol. The van der Waals surface area contributed by atoms with Gasteiger partial charge in [-0.2, -0.15) is 0 Å². The average Bonchev–Trinajstić information content (AvgIpc) is 2.98. The first kappa shape index (κ1) is 16.1. The van der Waals surface area contributed by atoms with Crippen molar-refractivity contribution in [2.45, 2.75) is 58.3 Å². The second kappa shape index (κ2) is 7.14. The lowest BCUT2D eigenvalue weighted by atomic mass is 9.76. The predicted octanol–water partition coefficient (Wildman–Crippen LogP) is 2.85. The number of nitrogens with one attached hydrogen (secondary N) is 1. The molecule has 2 aliphatic rings. The van der Waals surface area contributed by atoms with Crippen LogP contribution in [0.15, 0.2) is 0 Å². The van der Waals surface area contributed by atoms with E-state index < -0.39 is 11.4 Å². The molecule has 120 valence electrons. The first-order chi connectivity index (χ1) is 10.1. The molecule has 1 unspecified atom stereocenters. The van der Waals surface area contributed by atoms with Crippen LogP contribution in [0.3, 0.4) is 0 Å². The van der Waals surface area contributed by atoms with Crippen LogP contribution in [-0.2, 0) is 4.79 Å². The zero-order valence-corrected chi connectivity index (χ0v) is 13.1. The van der Waals surface area contributed by atoms with Gasteiger partial charge in [-0.3, -0.25) is 4.79 Å². The fourth-order valence-corrected chi connectivity index (χ4v) is 3.83. The molecule has 0 aromatic rings. The van der Waals surface area contributed by atoms with Crippen LogP contribution >= 0.6 is 0 Å². The van der Waals surface area contributed by atoms with E-state index >= 15 is 0 Å². The van der Waals surface area contributed by atoms with Crippen LogP contribution in [0.25, 0.3) is 0 Å². The number of hydrogen-bond donors (Lipinski definition) is 2. The van der Waals surface area contributed by atoms with Crippen molar-refractivity contribution in [2.75, 3.05) is 19.6 Å². The Hall–Kier alpha value is -1.26. The maximum Gasteiger partial charge on any atom is 0.317 e. The van der Waals surface area contributed by atoms with Gasteiger partial charge >= 0.3 is 12.0 Å². The van der Waals surface area contributed by atoms with Gasteiger partial charge in [0.05, 0.1) is 5.41 Å². The van der Waals surface area contributed by atoms with Crippen molar-refractivity contribution < 1.29 is 14.7 Å². The van der Waals surface area contributed by atoms with Crippen molar-refractivity contribution >= 4 is 12.0 Å². The van der Waals surface area contributed by atoms with E-state index in [9.17, 15) is 14.7 Å². The summed E-state index contributed by atoms with van der Waals surface area (Å²) in [5.41, 5.74) is -0.738. The molecule has 0 aromatic heterocycles. The second-order valence-corrected chi connectivity index (χ2v) is 6.70. The molecule has 0 radical (unpaired) electrons. The molecule has 5 nitrogen and oxygen atoms in total. The Morgan fingerprint density at radius 1 is 1.29 bits per heavy atom. The summed E-state index contributed by atoms with van der Waals surface area (Å²) >= 11 is 0. The highest BCUT2D eigenvalue weighted by molar-refractivity contribution is 5.78. The molecule has 1 saturated carbocycles. The molecule has 5 heteroatoms. The number of likely N-dealkylation sites (tertiary alicyclic amines) is 1. The van der Waals surface area contributed by atoms with Crippen LogP contribution in [0.2, 0.25) is 0 Å². The molecule has 2 rings (SSSR count). The van der Waals surface area contributed by atoms with Crippen LogP contribution in [0.4, 0.5) is 4.79 Å². The van der Waals surface area contributed by atoms with Crippen LogP contribution < -0.4 is 5.32 Å². The van der Waals surface area contributed by atoms with Crippen LogP contribution in [-0.4, -0.2) is 41.6 Å². The number of amides is 2. The molecular formula is C16H28N2O3. The number of hydrogen-bond acceptors (Lipinski definition) is 2. The fraction of sp³-hybridized carbons (Fsp3) is 0.875. The standard InChI is InChI=1S/C16H28N2O3/c1-2-8-16(14(19)20)9-5-10-18(12-16)15(21)17-11-13-6-3-4-7-13/h13H,2-12H2,1H3,(H,17,21)(H,19,20). The first-order valence-electron chi connectivity index (χ1n) is 8.33. The maximum atomic E-state index is 12.3. The van der Waals surface area contributed by atoms with Crippen molar-refractivity contribution in [1.29, 1.82) is 0 Å². The number of nitrogens with zero attached hydrogens (tertiary/aromatic N) is 1. The molecule has 21 heavy (non-hydrogen) atoms. The summed E-state index contributed by atoms with van der Waals surface area (Å²) in [5, 5.41) is 12.6. The summed E-state index contributed by atoms with van der Waals surface area (Å²) in [7, 11) is 0. The van der Waals surface area contributed by atoms with Crippen LogP contribution in [0, 0.1) is 11.3 Å². The highest BCUT2D eigenvalue weighted by atomic mass is 16.4. The SMILES string of the molecule is CCCC1(C(=O)O)CCCN(C(=O)NCC2CCCC2)C1. The molecule has 0 bridgehead atoms. The van der Waals surface area contributed by atoms with E-state index in [0.717, 1.165) is 19.4 Å². The fourth-order valence-electron chi connectivity index (χ4n) is 3.83.